The van der Waals surface area contributed by atoms with Crippen LogP contribution in [0.3, 0.4) is 0 Å². The fraction of sp³-hybridized carbons (Fsp3) is 0.474. The molecule has 2 N–H and O–H groups in total. The zero-order chi connectivity index (χ0) is 20.2. The molecule has 0 aliphatic carbocycles. The summed E-state index contributed by atoms with van der Waals surface area (Å²) in [6.45, 7) is 5.16. The number of sulfone groups is 1. The summed E-state index contributed by atoms with van der Waals surface area (Å²) in [5, 5.41) is 10.7. The molecule has 0 aliphatic rings. The van der Waals surface area contributed by atoms with Crippen molar-refractivity contribution < 1.29 is 13.2 Å². The van der Waals surface area contributed by atoms with Crippen LogP contribution in [0.15, 0.2) is 47.7 Å². The first kappa shape index (κ1) is 21.9. The molecule has 1 heterocycles. The van der Waals surface area contributed by atoms with Gasteiger partial charge in [0.2, 0.25) is 0 Å². The molecule has 0 radical (unpaired) electrons. The number of hydrogen-bond acceptors (Lipinski definition) is 5. The van der Waals surface area contributed by atoms with E-state index < -0.39 is 9.84 Å². The second-order valence-corrected chi connectivity index (χ2v) is 8.60. The predicted molar refractivity (Wildman–Crippen MR) is 111 cm³/mol. The van der Waals surface area contributed by atoms with E-state index in [0.29, 0.717) is 32.2 Å². The fourth-order valence-electron chi connectivity index (χ4n) is 2.49. The van der Waals surface area contributed by atoms with E-state index in [9.17, 15) is 8.42 Å². The van der Waals surface area contributed by atoms with Gasteiger partial charge in [-0.3, -0.25) is 4.68 Å². The Morgan fingerprint density at radius 3 is 2.64 bits per heavy atom. The smallest absolute Gasteiger partial charge is 0.191 e. The summed E-state index contributed by atoms with van der Waals surface area (Å²) in [4.78, 5) is 4.64. The van der Waals surface area contributed by atoms with Gasteiger partial charge in [-0.15, -0.1) is 0 Å². The zero-order valence-electron chi connectivity index (χ0n) is 16.5. The average molecular weight is 408 g/mol. The van der Waals surface area contributed by atoms with Crippen LogP contribution in [0.5, 0.6) is 0 Å². The maximum absolute atomic E-state index is 11.1. The third-order valence-electron chi connectivity index (χ3n) is 3.90. The molecule has 8 nitrogen and oxygen atoms in total. The largest absolute Gasteiger partial charge is 0.379 e. The third kappa shape index (κ3) is 8.53. The standard InChI is InChI=1S/C19H29N5O3S/c1-3-20-19(21-10-12-27-13-14-28(2,25)26)22-15-17-7-4-5-8-18(17)16-24-11-6-9-23-24/h4-9,11H,3,10,12-16H2,1-2H3,(H2,20,21,22). The number of aromatic nitrogens is 2. The molecule has 28 heavy (non-hydrogen) atoms. The van der Waals surface area contributed by atoms with Crippen molar-refractivity contribution in [3.05, 3.63) is 53.9 Å². The molecule has 0 saturated heterocycles. The van der Waals surface area contributed by atoms with E-state index >= 15 is 0 Å². The maximum atomic E-state index is 11.1. The van der Waals surface area contributed by atoms with Crippen LogP contribution in [-0.2, 0) is 27.7 Å². The Hall–Kier alpha value is -2.39. The first-order chi connectivity index (χ1) is 13.5. The number of benzene rings is 1. The average Bonchev–Trinajstić information content (AvgIpc) is 3.15. The molecule has 2 aromatic rings. The number of nitrogens with one attached hydrogen (secondary N) is 2. The van der Waals surface area contributed by atoms with Crippen molar-refractivity contribution in [3.63, 3.8) is 0 Å². The summed E-state index contributed by atoms with van der Waals surface area (Å²) in [5.74, 6) is 0.733. The normalized spacial score (nSPS) is 12.1. The predicted octanol–water partition coefficient (Wildman–Crippen LogP) is 1.05. The SMILES string of the molecule is CCNC(=NCc1ccccc1Cn1cccn1)NCCOCCS(C)(=O)=O. The molecule has 0 amide bonds. The lowest BCUT2D eigenvalue weighted by atomic mass is 10.1. The van der Waals surface area contributed by atoms with Crippen LogP contribution >= 0.6 is 0 Å². The van der Waals surface area contributed by atoms with Crippen molar-refractivity contribution >= 4 is 15.8 Å². The van der Waals surface area contributed by atoms with E-state index in [1.165, 1.54) is 11.8 Å². The van der Waals surface area contributed by atoms with Crippen molar-refractivity contribution in [1.82, 2.24) is 20.4 Å². The Kier molecular flexibility index (Phi) is 8.96. The summed E-state index contributed by atoms with van der Waals surface area (Å²) < 4.78 is 29.4. The molecular weight excluding hydrogens is 378 g/mol. The molecule has 0 fully saturated rings. The van der Waals surface area contributed by atoms with Gasteiger partial charge in [-0.1, -0.05) is 24.3 Å². The summed E-state index contributed by atoms with van der Waals surface area (Å²) in [7, 11) is -2.99. The van der Waals surface area contributed by atoms with Gasteiger partial charge in [-0.2, -0.15) is 5.10 Å². The van der Waals surface area contributed by atoms with Crippen molar-refractivity contribution in [2.75, 3.05) is 38.3 Å². The highest BCUT2D eigenvalue weighted by molar-refractivity contribution is 7.90. The Labute approximate surface area is 166 Å². The highest BCUT2D eigenvalue weighted by Crippen LogP contribution is 2.11. The Morgan fingerprint density at radius 2 is 1.96 bits per heavy atom. The first-order valence-electron chi connectivity index (χ1n) is 9.30. The van der Waals surface area contributed by atoms with Crippen LogP contribution in [0.25, 0.3) is 0 Å². The minimum absolute atomic E-state index is 0.0359. The molecule has 9 heteroatoms. The van der Waals surface area contributed by atoms with Gasteiger partial charge in [0.25, 0.3) is 0 Å². The lowest BCUT2D eigenvalue weighted by Gasteiger charge is -2.13. The number of nitrogens with zero attached hydrogens (tertiary/aromatic N) is 3. The van der Waals surface area contributed by atoms with Gasteiger partial charge < -0.3 is 15.4 Å². The summed E-state index contributed by atoms with van der Waals surface area (Å²) in [6.07, 6.45) is 4.91. The molecule has 0 unspecified atom stereocenters. The molecular formula is C19H29N5O3S. The molecule has 0 atom stereocenters. The van der Waals surface area contributed by atoms with Crippen LogP contribution < -0.4 is 10.6 Å². The highest BCUT2D eigenvalue weighted by atomic mass is 32.2. The second kappa shape index (κ2) is 11.5. The molecule has 0 saturated carbocycles. The number of aliphatic imine (C=N–C) groups is 1. The van der Waals surface area contributed by atoms with Crippen LogP contribution in [0.4, 0.5) is 0 Å². The monoisotopic (exact) mass is 407 g/mol. The maximum Gasteiger partial charge on any atom is 0.191 e. The highest BCUT2D eigenvalue weighted by Gasteiger charge is 2.04. The van der Waals surface area contributed by atoms with Gasteiger partial charge in [0.1, 0.15) is 9.84 Å². The van der Waals surface area contributed by atoms with E-state index in [4.69, 9.17) is 4.74 Å². The Morgan fingerprint density at radius 1 is 1.18 bits per heavy atom. The van der Waals surface area contributed by atoms with Gasteiger partial charge in [-0.25, -0.2) is 13.4 Å². The van der Waals surface area contributed by atoms with Crippen LogP contribution in [-0.4, -0.2) is 62.5 Å². The molecule has 0 aliphatic heterocycles. The molecule has 2 rings (SSSR count). The van der Waals surface area contributed by atoms with E-state index in [2.05, 4.69) is 32.9 Å². The summed E-state index contributed by atoms with van der Waals surface area (Å²) in [6, 6.07) is 10.1. The zero-order valence-corrected chi connectivity index (χ0v) is 17.3. The third-order valence-corrected chi connectivity index (χ3v) is 4.81. The van der Waals surface area contributed by atoms with Gasteiger partial charge in [-0.05, 0) is 24.1 Å². The minimum Gasteiger partial charge on any atom is -0.379 e. The van der Waals surface area contributed by atoms with E-state index in [1.807, 2.05) is 36.0 Å². The van der Waals surface area contributed by atoms with E-state index in [1.54, 1.807) is 6.20 Å². The lowest BCUT2D eigenvalue weighted by molar-refractivity contribution is 0.154. The quantitative estimate of drug-likeness (QED) is 0.328. The van der Waals surface area contributed by atoms with Crippen molar-refractivity contribution in [1.29, 1.82) is 0 Å². The number of hydrogen-bond donors (Lipinski definition) is 2. The minimum atomic E-state index is -2.99. The summed E-state index contributed by atoms with van der Waals surface area (Å²) >= 11 is 0. The molecule has 154 valence electrons. The van der Waals surface area contributed by atoms with E-state index in [-0.39, 0.29) is 12.4 Å². The van der Waals surface area contributed by atoms with Gasteiger partial charge >= 0.3 is 0 Å². The van der Waals surface area contributed by atoms with Gasteiger partial charge in [0.15, 0.2) is 5.96 Å². The Balaban J connectivity index is 1.86. The molecule has 1 aromatic heterocycles. The molecule has 1 aromatic carbocycles. The number of rotatable bonds is 11. The van der Waals surface area contributed by atoms with Gasteiger partial charge in [0.05, 0.1) is 32.1 Å². The fourth-order valence-corrected chi connectivity index (χ4v) is 2.92. The van der Waals surface area contributed by atoms with Gasteiger partial charge in [0, 0.05) is 31.7 Å². The second-order valence-electron chi connectivity index (χ2n) is 6.34. The Bertz CT molecular complexity index is 835. The molecule has 0 spiro atoms. The van der Waals surface area contributed by atoms with Crippen molar-refractivity contribution in [2.24, 2.45) is 4.99 Å². The topological polar surface area (TPSA) is 97.6 Å². The lowest BCUT2D eigenvalue weighted by Crippen LogP contribution is -2.39. The van der Waals surface area contributed by atoms with Crippen molar-refractivity contribution in [2.45, 2.75) is 20.0 Å². The van der Waals surface area contributed by atoms with Crippen LogP contribution in [0.1, 0.15) is 18.1 Å². The van der Waals surface area contributed by atoms with E-state index in [0.717, 1.165) is 12.1 Å². The van der Waals surface area contributed by atoms with Crippen LogP contribution in [0.2, 0.25) is 0 Å². The molecule has 0 bridgehead atoms. The summed E-state index contributed by atoms with van der Waals surface area (Å²) in [5.41, 5.74) is 2.31. The van der Waals surface area contributed by atoms with Crippen molar-refractivity contribution in [3.8, 4) is 0 Å². The van der Waals surface area contributed by atoms with Crippen LogP contribution in [0, 0.1) is 0 Å². The first-order valence-corrected chi connectivity index (χ1v) is 11.4. The number of guanidine groups is 1. The number of ether oxygens (including phenoxy) is 1.